The number of piperidine rings is 1. The van der Waals surface area contributed by atoms with Crippen molar-refractivity contribution in [3.8, 4) is 17.2 Å². The lowest BCUT2D eigenvalue weighted by Crippen LogP contribution is -2.38. The Hall–Kier alpha value is -2.11. The van der Waals surface area contributed by atoms with E-state index in [4.69, 9.17) is 5.26 Å². The molecule has 1 unspecified atom stereocenters. The zero-order valence-corrected chi connectivity index (χ0v) is 14.5. The first-order chi connectivity index (χ1) is 11.8. The van der Waals surface area contributed by atoms with Crippen LogP contribution in [0.5, 0.6) is 0 Å². The second-order valence-electron chi connectivity index (χ2n) is 6.87. The number of hydrogen-bond acceptors (Lipinski definition) is 2. The van der Waals surface area contributed by atoms with Gasteiger partial charge in [-0.2, -0.15) is 5.26 Å². The van der Waals surface area contributed by atoms with E-state index in [-0.39, 0.29) is 0 Å². The Morgan fingerprint density at radius 1 is 1.00 bits per heavy atom. The van der Waals surface area contributed by atoms with Crippen molar-refractivity contribution in [2.75, 3.05) is 13.1 Å². The molecule has 1 aliphatic rings. The number of hydrogen-bond donors (Lipinski definition) is 0. The highest BCUT2D eigenvalue weighted by atomic mass is 15.1. The first kappa shape index (κ1) is 16.7. The van der Waals surface area contributed by atoms with Gasteiger partial charge in [0, 0.05) is 6.04 Å². The molecule has 2 aromatic carbocycles. The minimum Gasteiger partial charge on any atom is -0.301 e. The zero-order chi connectivity index (χ0) is 16.8. The van der Waals surface area contributed by atoms with E-state index in [0.29, 0.717) is 5.56 Å². The molecule has 1 heterocycles. The Balaban J connectivity index is 1.53. The molecule has 0 aliphatic carbocycles. The van der Waals surface area contributed by atoms with E-state index in [1.165, 1.54) is 55.5 Å². The first-order valence-electron chi connectivity index (χ1n) is 9.10. The van der Waals surface area contributed by atoms with Gasteiger partial charge in [-0.25, -0.2) is 0 Å². The van der Waals surface area contributed by atoms with Gasteiger partial charge in [0.15, 0.2) is 0 Å². The van der Waals surface area contributed by atoms with Gasteiger partial charge in [0.1, 0.15) is 0 Å². The van der Waals surface area contributed by atoms with E-state index in [2.05, 4.69) is 42.2 Å². The number of benzene rings is 2. The largest absolute Gasteiger partial charge is 0.301 e. The highest BCUT2D eigenvalue weighted by Gasteiger charge is 2.17. The molecule has 2 heteroatoms. The third-order valence-electron chi connectivity index (χ3n) is 5.15. The summed E-state index contributed by atoms with van der Waals surface area (Å²) in [6.45, 7) is 4.86. The maximum absolute atomic E-state index is 8.87. The number of rotatable bonds is 5. The van der Waals surface area contributed by atoms with Crippen LogP contribution in [0.4, 0.5) is 0 Å². The lowest BCUT2D eigenvalue weighted by atomic mass is 10.0. The van der Waals surface area contributed by atoms with Crippen LogP contribution < -0.4 is 0 Å². The van der Waals surface area contributed by atoms with Crippen LogP contribution in [0.15, 0.2) is 48.5 Å². The third-order valence-corrected chi connectivity index (χ3v) is 5.15. The summed E-state index contributed by atoms with van der Waals surface area (Å²) in [5.41, 5.74) is 4.51. The van der Waals surface area contributed by atoms with E-state index in [9.17, 15) is 0 Å². The van der Waals surface area contributed by atoms with E-state index in [1.807, 2.05) is 24.3 Å². The van der Waals surface area contributed by atoms with E-state index < -0.39 is 0 Å². The molecule has 1 saturated heterocycles. The van der Waals surface area contributed by atoms with Gasteiger partial charge in [0.05, 0.1) is 11.6 Å². The van der Waals surface area contributed by atoms with Crippen LogP contribution in [0, 0.1) is 11.3 Å². The molecule has 0 aromatic heterocycles. The molecule has 1 aliphatic heterocycles. The van der Waals surface area contributed by atoms with Gasteiger partial charge in [-0.3, -0.25) is 0 Å². The fourth-order valence-electron chi connectivity index (χ4n) is 3.58. The van der Waals surface area contributed by atoms with Crippen molar-refractivity contribution >= 4 is 0 Å². The molecule has 2 aromatic rings. The predicted octanol–water partition coefficient (Wildman–Crippen LogP) is 5.03. The lowest BCUT2D eigenvalue weighted by Gasteiger charge is -2.33. The third kappa shape index (κ3) is 4.24. The van der Waals surface area contributed by atoms with E-state index in [0.717, 1.165) is 12.5 Å². The number of aryl methyl sites for hydroxylation is 1. The molecule has 124 valence electrons. The SMILES string of the molecule is CC1CCCCN1CCCc1ccc(-c2ccc(C#N)cc2)cc1. The number of nitriles is 1. The van der Waals surface area contributed by atoms with Crippen LogP contribution in [0.1, 0.15) is 43.7 Å². The Morgan fingerprint density at radius 3 is 2.29 bits per heavy atom. The molecule has 0 spiro atoms. The summed E-state index contributed by atoms with van der Waals surface area (Å²) < 4.78 is 0. The second kappa shape index (κ2) is 8.13. The summed E-state index contributed by atoms with van der Waals surface area (Å²) in [6.07, 6.45) is 6.51. The van der Waals surface area contributed by atoms with Crippen LogP contribution in [0.25, 0.3) is 11.1 Å². The molecule has 0 saturated carbocycles. The topological polar surface area (TPSA) is 27.0 Å². The Bertz CT molecular complexity index is 679. The quantitative estimate of drug-likeness (QED) is 0.773. The van der Waals surface area contributed by atoms with Crippen molar-refractivity contribution in [3.05, 3.63) is 59.7 Å². The van der Waals surface area contributed by atoms with Gasteiger partial charge in [-0.1, -0.05) is 42.8 Å². The average Bonchev–Trinajstić information content (AvgIpc) is 2.64. The van der Waals surface area contributed by atoms with Crippen LogP contribution in [0.3, 0.4) is 0 Å². The molecule has 0 radical (unpaired) electrons. The van der Waals surface area contributed by atoms with Crippen molar-refractivity contribution in [1.82, 2.24) is 4.90 Å². The summed E-state index contributed by atoms with van der Waals surface area (Å²) in [4.78, 5) is 2.65. The molecule has 0 N–H and O–H groups in total. The monoisotopic (exact) mass is 318 g/mol. The van der Waals surface area contributed by atoms with Crippen LogP contribution in [-0.2, 0) is 6.42 Å². The number of likely N-dealkylation sites (tertiary alicyclic amines) is 1. The van der Waals surface area contributed by atoms with Gasteiger partial charge in [-0.15, -0.1) is 0 Å². The Kier molecular flexibility index (Phi) is 5.67. The molecule has 1 fully saturated rings. The molecule has 0 bridgehead atoms. The summed E-state index contributed by atoms with van der Waals surface area (Å²) in [5.74, 6) is 0. The smallest absolute Gasteiger partial charge is 0.0991 e. The first-order valence-corrected chi connectivity index (χ1v) is 9.10. The maximum Gasteiger partial charge on any atom is 0.0991 e. The molecule has 1 atom stereocenters. The lowest BCUT2D eigenvalue weighted by molar-refractivity contribution is 0.159. The zero-order valence-electron chi connectivity index (χ0n) is 14.5. The van der Waals surface area contributed by atoms with Crippen LogP contribution in [0.2, 0.25) is 0 Å². The number of nitrogens with zero attached hydrogens (tertiary/aromatic N) is 2. The maximum atomic E-state index is 8.87. The highest BCUT2D eigenvalue weighted by Crippen LogP contribution is 2.21. The van der Waals surface area contributed by atoms with Crippen molar-refractivity contribution < 1.29 is 0 Å². The summed E-state index contributed by atoms with van der Waals surface area (Å²) in [5, 5.41) is 8.87. The Morgan fingerprint density at radius 2 is 1.67 bits per heavy atom. The van der Waals surface area contributed by atoms with Gasteiger partial charge >= 0.3 is 0 Å². The second-order valence-corrected chi connectivity index (χ2v) is 6.87. The summed E-state index contributed by atoms with van der Waals surface area (Å²) in [7, 11) is 0. The molecule has 3 rings (SSSR count). The van der Waals surface area contributed by atoms with Crippen molar-refractivity contribution in [3.63, 3.8) is 0 Å². The van der Waals surface area contributed by atoms with Gasteiger partial charge < -0.3 is 4.90 Å². The summed E-state index contributed by atoms with van der Waals surface area (Å²) >= 11 is 0. The van der Waals surface area contributed by atoms with E-state index >= 15 is 0 Å². The van der Waals surface area contributed by atoms with Crippen molar-refractivity contribution in [2.24, 2.45) is 0 Å². The molecular formula is C22H26N2. The predicted molar refractivity (Wildman–Crippen MR) is 99.8 cm³/mol. The van der Waals surface area contributed by atoms with Gasteiger partial charge in [-0.05, 0) is 74.5 Å². The van der Waals surface area contributed by atoms with Crippen molar-refractivity contribution in [1.29, 1.82) is 5.26 Å². The molecule has 2 nitrogen and oxygen atoms in total. The average molecular weight is 318 g/mol. The van der Waals surface area contributed by atoms with Crippen molar-refractivity contribution in [2.45, 2.75) is 45.1 Å². The van der Waals surface area contributed by atoms with Crippen LogP contribution in [-0.4, -0.2) is 24.0 Å². The normalized spacial score (nSPS) is 18.2. The highest BCUT2D eigenvalue weighted by molar-refractivity contribution is 5.64. The molecular weight excluding hydrogens is 292 g/mol. The molecule has 0 amide bonds. The minimum absolute atomic E-state index is 0.710. The Labute approximate surface area is 145 Å². The van der Waals surface area contributed by atoms with Gasteiger partial charge in [0.2, 0.25) is 0 Å². The standard InChI is InChI=1S/C22H26N2/c1-18-5-2-3-15-24(18)16-4-6-19-7-11-21(12-8-19)22-13-9-20(17-23)10-14-22/h7-14,18H,2-6,15-16H2,1H3. The molecule has 24 heavy (non-hydrogen) atoms. The van der Waals surface area contributed by atoms with E-state index in [1.54, 1.807) is 0 Å². The fourth-order valence-corrected chi connectivity index (χ4v) is 3.58. The van der Waals surface area contributed by atoms with Crippen LogP contribution >= 0.6 is 0 Å². The summed E-state index contributed by atoms with van der Waals surface area (Å²) in [6, 6.07) is 19.6. The fraction of sp³-hybridized carbons (Fsp3) is 0.409. The minimum atomic E-state index is 0.710. The van der Waals surface area contributed by atoms with Gasteiger partial charge in [0.25, 0.3) is 0 Å².